The van der Waals surface area contributed by atoms with Gasteiger partial charge in [0.1, 0.15) is 0 Å². The van der Waals surface area contributed by atoms with Crippen LogP contribution in [0.4, 0.5) is 0 Å². The highest BCUT2D eigenvalue weighted by Crippen LogP contribution is 2.15. The molecule has 1 aromatic carbocycles. The third-order valence-electron chi connectivity index (χ3n) is 4.21. The zero-order valence-electron chi connectivity index (χ0n) is 13.8. The molecule has 25 heavy (non-hydrogen) atoms. The number of carbonyl (C=O) groups is 2. The lowest BCUT2D eigenvalue weighted by Gasteiger charge is -2.19. The number of Topliss-reactive ketones (excluding diaryl/α,β-unsaturated/α-hetero) is 1. The maximum atomic E-state index is 12.9. The molecule has 1 N–H and O–H groups in total. The van der Waals surface area contributed by atoms with Crippen molar-refractivity contribution in [1.82, 2.24) is 9.88 Å². The van der Waals surface area contributed by atoms with Crippen molar-refractivity contribution >= 4 is 11.7 Å². The number of benzene rings is 1. The van der Waals surface area contributed by atoms with E-state index in [1.54, 1.807) is 42.5 Å². The number of pyridine rings is 1. The van der Waals surface area contributed by atoms with E-state index in [-0.39, 0.29) is 6.10 Å². The number of carbonyl (C=O) groups excluding carboxylic acids is 2. The Labute approximate surface area is 145 Å². The van der Waals surface area contributed by atoms with Crippen molar-refractivity contribution in [1.29, 1.82) is 0 Å². The zero-order chi connectivity index (χ0) is 17.6. The second-order valence-corrected chi connectivity index (χ2v) is 5.96. The minimum absolute atomic E-state index is 0.0380. The largest absolute Gasteiger partial charge is 0.376 e. The first-order chi connectivity index (χ1) is 12.2. The van der Waals surface area contributed by atoms with Crippen molar-refractivity contribution in [2.75, 3.05) is 13.2 Å². The molecular weight excluding hydrogens is 320 g/mol. The second kappa shape index (κ2) is 7.90. The first kappa shape index (κ1) is 17.1. The summed E-state index contributed by atoms with van der Waals surface area (Å²) in [6.45, 7) is 1.02. The summed E-state index contributed by atoms with van der Waals surface area (Å²) in [7, 11) is 0. The lowest BCUT2D eigenvalue weighted by atomic mass is 10.0. The molecule has 1 aliphatic heterocycles. The van der Waals surface area contributed by atoms with Crippen LogP contribution in [0.1, 0.15) is 29.2 Å². The molecule has 0 unspecified atom stereocenters. The third-order valence-corrected chi connectivity index (χ3v) is 4.21. The number of hydrogen-bond donors (Lipinski definition) is 1. The molecule has 2 atom stereocenters. The van der Waals surface area contributed by atoms with Crippen LogP contribution < -0.4 is 10.9 Å². The topological polar surface area (TPSA) is 77.4 Å². The summed E-state index contributed by atoms with van der Waals surface area (Å²) in [5.41, 5.74) is -0.0143. The average molecular weight is 340 g/mol. The van der Waals surface area contributed by atoms with Gasteiger partial charge in [-0.3, -0.25) is 19.0 Å². The Morgan fingerprint density at radius 2 is 1.92 bits per heavy atom. The molecule has 130 valence electrons. The van der Waals surface area contributed by atoms with E-state index in [2.05, 4.69) is 5.32 Å². The predicted octanol–water partition coefficient (Wildman–Crippen LogP) is 1.57. The maximum Gasteiger partial charge on any atom is 0.251 e. The van der Waals surface area contributed by atoms with E-state index < -0.39 is 23.3 Å². The van der Waals surface area contributed by atoms with Crippen LogP contribution in [0, 0.1) is 0 Å². The van der Waals surface area contributed by atoms with E-state index in [9.17, 15) is 14.4 Å². The van der Waals surface area contributed by atoms with Crippen molar-refractivity contribution in [3.05, 3.63) is 70.6 Å². The number of rotatable bonds is 6. The van der Waals surface area contributed by atoms with Gasteiger partial charge in [0, 0.05) is 31.0 Å². The molecule has 3 rings (SSSR count). The molecule has 0 saturated carbocycles. The number of nitrogens with zero attached hydrogens (tertiary/aromatic N) is 1. The Hall–Kier alpha value is -2.73. The van der Waals surface area contributed by atoms with Crippen LogP contribution in [-0.4, -0.2) is 35.5 Å². The lowest BCUT2D eigenvalue weighted by Crippen LogP contribution is -2.43. The Kier molecular flexibility index (Phi) is 5.40. The predicted molar refractivity (Wildman–Crippen MR) is 92.5 cm³/mol. The number of nitrogens with one attached hydrogen (secondary N) is 1. The summed E-state index contributed by atoms with van der Waals surface area (Å²) < 4.78 is 6.66. The van der Waals surface area contributed by atoms with Crippen LogP contribution >= 0.6 is 0 Å². The first-order valence-corrected chi connectivity index (χ1v) is 8.32. The van der Waals surface area contributed by atoms with Crippen LogP contribution in [0.3, 0.4) is 0 Å². The number of ketones is 1. The average Bonchev–Trinajstić information content (AvgIpc) is 3.16. The van der Waals surface area contributed by atoms with Gasteiger partial charge in [0.05, 0.1) is 6.10 Å². The zero-order valence-corrected chi connectivity index (χ0v) is 13.8. The van der Waals surface area contributed by atoms with Crippen LogP contribution in [0.15, 0.2) is 59.5 Å². The molecule has 0 aliphatic carbocycles. The van der Waals surface area contributed by atoms with Gasteiger partial charge in [-0.15, -0.1) is 0 Å². The van der Waals surface area contributed by atoms with Crippen molar-refractivity contribution in [3.8, 4) is 0 Å². The minimum Gasteiger partial charge on any atom is -0.376 e. The Morgan fingerprint density at radius 3 is 2.60 bits per heavy atom. The Balaban J connectivity index is 1.86. The second-order valence-electron chi connectivity index (χ2n) is 5.96. The fourth-order valence-electron chi connectivity index (χ4n) is 2.90. The van der Waals surface area contributed by atoms with Crippen LogP contribution in [0.5, 0.6) is 0 Å². The van der Waals surface area contributed by atoms with Gasteiger partial charge in [0.25, 0.3) is 11.5 Å². The van der Waals surface area contributed by atoms with E-state index in [1.807, 2.05) is 0 Å². The molecule has 1 aliphatic rings. The van der Waals surface area contributed by atoms with Gasteiger partial charge in [-0.2, -0.15) is 0 Å². The van der Waals surface area contributed by atoms with Gasteiger partial charge in [-0.1, -0.05) is 36.4 Å². The fourth-order valence-corrected chi connectivity index (χ4v) is 2.90. The summed E-state index contributed by atoms with van der Waals surface area (Å²) >= 11 is 0. The summed E-state index contributed by atoms with van der Waals surface area (Å²) in [4.78, 5) is 37.8. The highest BCUT2D eigenvalue weighted by atomic mass is 16.5. The molecule has 6 nitrogen and oxygen atoms in total. The molecular formula is C19H20N2O4. The Morgan fingerprint density at radius 1 is 1.16 bits per heavy atom. The number of amides is 1. The molecule has 1 fully saturated rings. The van der Waals surface area contributed by atoms with Gasteiger partial charge in [-0.25, -0.2) is 0 Å². The quantitative estimate of drug-likeness (QED) is 0.640. The van der Waals surface area contributed by atoms with E-state index in [4.69, 9.17) is 4.74 Å². The van der Waals surface area contributed by atoms with Gasteiger partial charge < -0.3 is 10.1 Å². The Bertz CT molecular complexity index is 794. The SMILES string of the molecule is O=C(NC[C@@H]1CCCO1)[C@@H](C(=O)c1ccccc1)n1ccccc1=O. The van der Waals surface area contributed by atoms with E-state index >= 15 is 0 Å². The van der Waals surface area contributed by atoms with Crippen molar-refractivity contribution < 1.29 is 14.3 Å². The molecule has 0 bridgehead atoms. The first-order valence-electron chi connectivity index (χ1n) is 8.32. The van der Waals surface area contributed by atoms with Crippen molar-refractivity contribution in [3.63, 3.8) is 0 Å². The van der Waals surface area contributed by atoms with Gasteiger partial charge in [0.15, 0.2) is 11.8 Å². The van der Waals surface area contributed by atoms with Crippen LogP contribution in [0.25, 0.3) is 0 Å². The van der Waals surface area contributed by atoms with Gasteiger partial charge >= 0.3 is 0 Å². The highest BCUT2D eigenvalue weighted by molar-refractivity contribution is 6.11. The summed E-state index contributed by atoms with van der Waals surface area (Å²) in [5.74, 6) is -0.920. The normalized spacial score (nSPS) is 17.8. The third kappa shape index (κ3) is 4.03. The van der Waals surface area contributed by atoms with Crippen LogP contribution in [0.2, 0.25) is 0 Å². The highest BCUT2D eigenvalue weighted by Gasteiger charge is 2.30. The van der Waals surface area contributed by atoms with Crippen molar-refractivity contribution in [2.45, 2.75) is 25.0 Å². The molecule has 1 saturated heterocycles. The molecule has 6 heteroatoms. The van der Waals surface area contributed by atoms with E-state index in [0.717, 1.165) is 12.8 Å². The van der Waals surface area contributed by atoms with Crippen molar-refractivity contribution in [2.24, 2.45) is 0 Å². The number of hydrogen-bond acceptors (Lipinski definition) is 4. The number of ether oxygens (including phenoxy) is 1. The molecule has 1 aromatic heterocycles. The molecule has 2 heterocycles. The number of aromatic nitrogens is 1. The van der Waals surface area contributed by atoms with Crippen LogP contribution in [-0.2, 0) is 9.53 Å². The van der Waals surface area contributed by atoms with Gasteiger partial charge in [0.2, 0.25) is 0 Å². The molecule has 2 aromatic rings. The fraction of sp³-hybridized carbons (Fsp3) is 0.316. The lowest BCUT2D eigenvalue weighted by molar-refractivity contribution is -0.123. The maximum absolute atomic E-state index is 12.9. The monoisotopic (exact) mass is 340 g/mol. The summed E-state index contributed by atoms with van der Waals surface area (Å²) in [6, 6.07) is 11.8. The smallest absolute Gasteiger partial charge is 0.251 e. The molecule has 1 amide bonds. The summed E-state index contributed by atoms with van der Waals surface area (Å²) in [5, 5.41) is 2.76. The van der Waals surface area contributed by atoms with E-state index in [1.165, 1.54) is 16.8 Å². The summed E-state index contributed by atoms with van der Waals surface area (Å²) in [6.07, 6.45) is 3.26. The standard InChI is InChI=1S/C19H20N2O4/c22-16-10-4-5-11-21(16)17(18(23)14-7-2-1-3-8-14)19(24)20-13-15-9-6-12-25-15/h1-5,7-8,10-11,15,17H,6,9,12-13H2,(H,20,24)/t15-,17+/m0/s1. The minimum atomic E-state index is -1.24. The van der Waals surface area contributed by atoms with E-state index in [0.29, 0.717) is 18.7 Å². The van der Waals surface area contributed by atoms with Gasteiger partial charge in [-0.05, 0) is 18.9 Å². The molecule has 0 radical (unpaired) electrons. The molecule has 0 spiro atoms.